The highest BCUT2D eigenvalue weighted by Gasteiger charge is 2.32. The van der Waals surface area contributed by atoms with E-state index in [2.05, 4.69) is 10.1 Å². The molecule has 0 unspecified atom stereocenters. The quantitative estimate of drug-likeness (QED) is 0.502. The number of aromatic nitrogens is 2. The Morgan fingerprint density at radius 3 is 2.28 bits per heavy atom. The van der Waals surface area contributed by atoms with Gasteiger partial charge in [-0.3, -0.25) is 4.79 Å². The molecule has 0 saturated carbocycles. The molecule has 32 heavy (non-hydrogen) atoms. The molecule has 6 nitrogen and oxygen atoms in total. The number of aryl methyl sites for hydroxylation is 1. The molecule has 0 aliphatic carbocycles. The van der Waals surface area contributed by atoms with Gasteiger partial charge >= 0.3 is 6.18 Å². The van der Waals surface area contributed by atoms with Gasteiger partial charge in [0.2, 0.25) is 0 Å². The number of anilines is 1. The van der Waals surface area contributed by atoms with E-state index in [1.165, 1.54) is 6.07 Å². The van der Waals surface area contributed by atoms with Crippen LogP contribution in [-0.4, -0.2) is 47.1 Å². The Labute approximate surface area is 191 Å². The Bertz CT molecular complexity index is 1120. The molecule has 1 aromatic carbocycles. The highest BCUT2D eigenvalue weighted by Crippen LogP contribution is 2.37. The summed E-state index contributed by atoms with van der Waals surface area (Å²) in [7, 11) is 0. The predicted molar refractivity (Wildman–Crippen MR) is 114 cm³/mol. The molecular weight excluding hydrogens is 468 g/mol. The summed E-state index contributed by atoms with van der Waals surface area (Å²) in [5.41, 5.74) is 0.170. The summed E-state index contributed by atoms with van der Waals surface area (Å²) in [6.07, 6.45) is -3.62. The minimum atomic E-state index is -4.44. The molecule has 1 aliphatic heterocycles. The van der Waals surface area contributed by atoms with E-state index >= 15 is 0 Å². The van der Waals surface area contributed by atoms with Crippen LogP contribution in [-0.2, 0) is 6.18 Å². The lowest BCUT2D eigenvalue weighted by molar-refractivity contribution is -0.137. The number of hydrogen-bond acceptors (Lipinski definition) is 5. The van der Waals surface area contributed by atoms with Crippen LogP contribution in [0.3, 0.4) is 0 Å². The standard InChI is InChI=1S/C21H17Cl2F3N4O2/c1-12-17(19(28-32-12)18-14(22)3-2-4-15(18)23)20(31)30-9-7-29(8-10-30)16-6-5-13(11-27-16)21(24,25)26/h2-6,11H,7-10H2,1H3. The van der Waals surface area contributed by atoms with Gasteiger partial charge in [-0.05, 0) is 31.2 Å². The second kappa shape index (κ2) is 8.63. The molecule has 1 aliphatic rings. The van der Waals surface area contributed by atoms with Gasteiger partial charge in [0.25, 0.3) is 5.91 Å². The van der Waals surface area contributed by atoms with Crippen LogP contribution in [0, 0.1) is 6.92 Å². The molecule has 3 heterocycles. The zero-order chi connectivity index (χ0) is 23.0. The van der Waals surface area contributed by atoms with Gasteiger partial charge in [-0.25, -0.2) is 4.98 Å². The third kappa shape index (κ3) is 4.27. The van der Waals surface area contributed by atoms with Crippen LogP contribution < -0.4 is 4.90 Å². The van der Waals surface area contributed by atoms with E-state index in [0.717, 1.165) is 12.3 Å². The number of carbonyl (C=O) groups is 1. The molecule has 0 N–H and O–H groups in total. The van der Waals surface area contributed by atoms with E-state index in [1.807, 2.05) is 4.90 Å². The summed E-state index contributed by atoms with van der Waals surface area (Å²) in [5, 5.41) is 4.70. The molecule has 1 amide bonds. The van der Waals surface area contributed by atoms with Gasteiger partial charge in [0.05, 0.1) is 15.6 Å². The van der Waals surface area contributed by atoms with E-state index < -0.39 is 11.7 Å². The maximum Gasteiger partial charge on any atom is 0.417 e. The maximum absolute atomic E-state index is 13.3. The van der Waals surface area contributed by atoms with Gasteiger partial charge < -0.3 is 14.3 Å². The number of benzene rings is 1. The molecule has 1 saturated heterocycles. The molecule has 0 radical (unpaired) electrons. The molecule has 0 bridgehead atoms. The topological polar surface area (TPSA) is 62.5 Å². The first-order valence-electron chi connectivity index (χ1n) is 9.65. The van der Waals surface area contributed by atoms with E-state index in [4.69, 9.17) is 27.7 Å². The fourth-order valence-corrected chi connectivity index (χ4v) is 4.13. The average Bonchev–Trinajstić information content (AvgIpc) is 3.13. The first-order chi connectivity index (χ1) is 15.2. The van der Waals surface area contributed by atoms with Crippen molar-refractivity contribution in [2.24, 2.45) is 0 Å². The first-order valence-corrected chi connectivity index (χ1v) is 10.4. The van der Waals surface area contributed by atoms with Crippen molar-refractivity contribution >= 4 is 34.9 Å². The summed E-state index contributed by atoms with van der Waals surface area (Å²) in [5.74, 6) is 0.484. The van der Waals surface area contributed by atoms with Gasteiger partial charge in [-0.15, -0.1) is 0 Å². The van der Waals surface area contributed by atoms with Crippen molar-refractivity contribution in [3.05, 3.63) is 63.5 Å². The van der Waals surface area contributed by atoms with E-state index in [1.54, 1.807) is 30.0 Å². The molecule has 0 atom stereocenters. The molecule has 11 heteroatoms. The number of piperazine rings is 1. The summed E-state index contributed by atoms with van der Waals surface area (Å²) >= 11 is 12.6. The number of carbonyl (C=O) groups excluding carboxylic acids is 1. The third-order valence-corrected chi connectivity index (χ3v) is 5.87. The molecule has 1 fully saturated rings. The number of alkyl halides is 3. The molecule has 3 aromatic rings. The molecule has 2 aromatic heterocycles. The first kappa shape index (κ1) is 22.4. The molecule has 4 rings (SSSR count). The highest BCUT2D eigenvalue weighted by atomic mass is 35.5. The molecular formula is C21H17Cl2F3N4O2. The van der Waals surface area contributed by atoms with E-state index in [-0.39, 0.29) is 17.2 Å². The van der Waals surface area contributed by atoms with E-state index in [9.17, 15) is 18.0 Å². The fourth-order valence-electron chi connectivity index (χ4n) is 3.56. The van der Waals surface area contributed by atoms with Gasteiger partial charge in [-0.2, -0.15) is 13.2 Å². The van der Waals surface area contributed by atoms with Gasteiger partial charge in [0.15, 0.2) is 0 Å². The normalized spacial score (nSPS) is 14.7. The van der Waals surface area contributed by atoms with Gasteiger partial charge in [0.1, 0.15) is 22.8 Å². The number of amides is 1. The highest BCUT2D eigenvalue weighted by molar-refractivity contribution is 6.39. The summed E-state index contributed by atoms with van der Waals surface area (Å²) in [4.78, 5) is 20.7. The SMILES string of the molecule is Cc1onc(-c2c(Cl)cccc2Cl)c1C(=O)N1CCN(c2ccc(C(F)(F)F)cn2)CC1. The van der Waals surface area contributed by atoms with Crippen LogP contribution >= 0.6 is 23.2 Å². The van der Waals surface area contributed by atoms with Crippen molar-refractivity contribution in [2.75, 3.05) is 31.1 Å². The summed E-state index contributed by atoms with van der Waals surface area (Å²) in [6.45, 7) is 3.16. The van der Waals surface area contributed by atoms with Crippen molar-refractivity contribution in [1.82, 2.24) is 15.0 Å². The largest absolute Gasteiger partial charge is 0.417 e. The lowest BCUT2D eigenvalue weighted by atomic mass is 10.0. The summed E-state index contributed by atoms with van der Waals surface area (Å²) < 4.78 is 43.5. The monoisotopic (exact) mass is 484 g/mol. The van der Waals surface area contributed by atoms with Gasteiger partial charge in [0, 0.05) is 37.9 Å². The molecule has 0 spiro atoms. The Kier molecular flexibility index (Phi) is 6.05. The Morgan fingerprint density at radius 1 is 1.06 bits per heavy atom. The van der Waals surface area contributed by atoms with E-state index in [0.29, 0.717) is 53.4 Å². The van der Waals surface area contributed by atoms with Gasteiger partial charge in [-0.1, -0.05) is 34.4 Å². The van der Waals surface area contributed by atoms with Crippen LogP contribution in [0.4, 0.5) is 19.0 Å². The van der Waals surface area contributed by atoms with Crippen LogP contribution in [0.15, 0.2) is 41.1 Å². The van der Waals surface area contributed by atoms with Crippen molar-refractivity contribution in [3.8, 4) is 11.3 Å². The number of halogens is 5. The smallest absolute Gasteiger partial charge is 0.360 e. The van der Waals surface area contributed by atoms with Crippen molar-refractivity contribution in [3.63, 3.8) is 0 Å². The fraction of sp³-hybridized carbons (Fsp3) is 0.286. The lowest BCUT2D eigenvalue weighted by Crippen LogP contribution is -2.49. The zero-order valence-electron chi connectivity index (χ0n) is 16.8. The number of hydrogen-bond donors (Lipinski definition) is 0. The average molecular weight is 485 g/mol. The number of nitrogens with zero attached hydrogens (tertiary/aromatic N) is 4. The second-order valence-electron chi connectivity index (χ2n) is 7.24. The van der Waals surface area contributed by atoms with Crippen molar-refractivity contribution < 1.29 is 22.5 Å². The Morgan fingerprint density at radius 2 is 1.72 bits per heavy atom. The Hall–Kier alpha value is -2.78. The van der Waals surface area contributed by atoms with Crippen molar-refractivity contribution in [2.45, 2.75) is 13.1 Å². The zero-order valence-corrected chi connectivity index (χ0v) is 18.3. The van der Waals surface area contributed by atoms with Crippen molar-refractivity contribution in [1.29, 1.82) is 0 Å². The maximum atomic E-state index is 13.3. The minimum Gasteiger partial charge on any atom is -0.360 e. The lowest BCUT2D eigenvalue weighted by Gasteiger charge is -2.35. The predicted octanol–water partition coefficient (Wildman–Crippen LogP) is 5.33. The van der Waals surface area contributed by atoms with Crippen LogP contribution in [0.25, 0.3) is 11.3 Å². The second-order valence-corrected chi connectivity index (χ2v) is 8.06. The van der Waals surface area contributed by atoms with Crippen LogP contribution in [0.2, 0.25) is 10.0 Å². The number of pyridine rings is 1. The summed E-state index contributed by atoms with van der Waals surface area (Å²) in [6, 6.07) is 7.33. The molecule has 168 valence electrons. The minimum absolute atomic E-state index is 0.273. The van der Waals surface area contributed by atoms with Crippen LogP contribution in [0.1, 0.15) is 21.7 Å². The number of rotatable bonds is 3. The van der Waals surface area contributed by atoms with Crippen LogP contribution in [0.5, 0.6) is 0 Å². The Balaban J connectivity index is 1.51. The third-order valence-electron chi connectivity index (χ3n) is 5.24.